The number of nitrogens with one attached hydrogen (secondary N) is 1. The van der Waals surface area contributed by atoms with Crippen LogP contribution in [-0.2, 0) is 12.8 Å². The predicted octanol–water partition coefficient (Wildman–Crippen LogP) is 1.26. The smallest absolute Gasteiger partial charge is 0.276 e. The molecule has 2 rings (SSSR count). The van der Waals surface area contributed by atoms with Crippen LogP contribution in [0.15, 0.2) is 24.4 Å². The van der Waals surface area contributed by atoms with Crippen molar-refractivity contribution >= 4 is 11.6 Å². The average molecular weight is 273 g/mol. The molecule has 106 valence electrons. The van der Waals surface area contributed by atoms with Crippen molar-refractivity contribution in [1.82, 2.24) is 20.1 Å². The molecule has 0 radical (unpaired) electrons. The quantitative estimate of drug-likeness (QED) is 0.858. The zero-order valence-corrected chi connectivity index (χ0v) is 11.8. The van der Waals surface area contributed by atoms with Crippen molar-refractivity contribution in [3.63, 3.8) is 0 Å². The summed E-state index contributed by atoms with van der Waals surface area (Å²) in [7, 11) is 1.74. The van der Waals surface area contributed by atoms with Crippen LogP contribution < -0.4 is 5.73 Å². The fraction of sp³-hybridized carbons (Fsp3) is 0.357. The molecule has 0 bridgehead atoms. The SMILES string of the molecule is CCc1[nH]nc(C(=O)N(C)CCc2ccccn2)c1N. The Morgan fingerprint density at radius 3 is 2.85 bits per heavy atom. The molecule has 6 heteroatoms. The average Bonchev–Trinajstić information content (AvgIpc) is 2.86. The lowest BCUT2D eigenvalue weighted by Crippen LogP contribution is -2.29. The van der Waals surface area contributed by atoms with Gasteiger partial charge in [0, 0.05) is 31.9 Å². The van der Waals surface area contributed by atoms with Crippen LogP contribution in [0, 0.1) is 0 Å². The van der Waals surface area contributed by atoms with Crippen molar-refractivity contribution in [3.8, 4) is 0 Å². The Bertz CT molecular complexity index is 579. The van der Waals surface area contributed by atoms with E-state index in [1.807, 2.05) is 25.1 Å². The Balaban J connectivity index is 2.00. The number of carbonyl (C=O) groups is 1. The molecule has 0 saturated heterocycles. The number of pyridine rings is 1. The highest BCUT2D eigenvalue weighted by atomic mass is 16.2. The Labute approximate surface area is 118 Å². The van der Waals surface area contributed by atoms with Crippen molar-refractivity contribution in [2.75, 3.05) is 19.3 Å². The Morgan fingerprint density at radius 2 is 2.25 bits per heavy atom. The van der Waals surface area contributed by atoms with Gasteiger partial charge in [-0.2, -0.15) is 5.10 Å². The van der Waals surface area contributed by atoms with Crippen LogP contribution in [0.1, 0.15) is 28.8 Å². The van der Waals surface area contributed by atoms with Crippen LogP contribution in [0.25, 0.3) is 0 Å². The third-order valence-corrected chi connectivity index (χ3v) is 3.22. The van der Waals surface area contributed by atoms with Crippen molar-refractivity contribution in [1.29, 1.82) is 0 Å². The van der Waals surface area contributed by atoms with Gasteiger partial charge in [0.1, 0.15) is 0 Å². The number of likely N-dealkylation sites (N-methyl/N-ethyl adjacent to an activating group) is 1. The summed E-state index contributed by atoms with van der Waals surface area (Å²) in [6, 6.07) is 5.74. The number of aromatic amines is 1. The largest absolute Gasteiger partial charge is 0.395 e. The van der Waals surface area contributed by atoms with Gasteiger partial charge in [0.2, 0.25) is 0 Å². The van der Waals surface area contributed by atoms with E-state index in [4.69, 9.17) is 5.73 Å². The molecular weight excluding hydrogens is 254 g/mol. The van der Waals surface area contributed by atoms with Crippen LogP contribution in [-0.4, -0.2) is 39.6 Å². The standard InChI is InChI=1S/C14H19N5O/c1-3-11-12(15)13(18-17-11)14(20)19(2)9-7-10-6-4-5-8-16-10/h4-6,8H,3,7,9,15H2,1-2H3,(H,17,18). The minimum absolute atomic E-state index is 0.172. The second-order valence-corrected chi connectivity index (χ2v) is 4.62. The molecular formula is C14H19N5O. The number of hydrogen-bond donors (Lipinski definition) is 2. The number of rotatable bonds is 5. The number of amides is 1. The molecule has 6 nitrogen and oxygen atoms in total. The predicted molar refractivity (Wildman–Crippen MR) is 77.3 cm³/mol. The summed E-state index contributed by atoms with van der Waals surface area (Å²) >= 11 is 0. The molecule has 0 saturated carbocycles. The lowest BCUT2D eigenvalue weighted by atomic mass is 10.2. The fourth-order valence-corrected chi connectivity index (χ4v) is 1.93. The van der Waals surface area contributed by atoms with E-state index >= 15 is 0 Å². The maximum atomic E-state index is 12.3. The van der Waals surface area contributed by atoms with E-state index in [9.17, 15) is 4.79 Å². The van der Waals surface area contributed by atoms with Gasteiger partial charge in [-0.3, -0.25) is 14.9 Å². The lowest BCUT2D eigenvalue weighted by Gasteiger charge is -2.15. The summed E-state index contributed by atoms with van der Waals surface area (Å²) in [6.07, 6.45) is 3.17. The highest BCUT2D eigenvalue weighted by Crippen LogP contribution is 2.16. The van der Waals surface area contributed by atoms with Crippen LogP contribution in [0.4, 0.5) is 5.69 Å². The van der Waals surface area contributed by atoms with Crippen LogP contribution in [0.3, 0.4) is 0 Å². The first-order chi connectivity index (χ1) is 9.63. The summed E-state index contributed by atoms with van der Waals surface area (Å²) in [4.78, 5) is 18.1. The molecule has 0 spiro atoms. The topological polar surface area (TPSA) is 87.9 Å². The third-order valence-electron chi connectivity index (χ3n) is 3.22. The number of nitrogens with zero attached hydrogens (tertiary/aromatic N) is 3. The number of nitrogens with two attached hydrogens (primary N) is 1. The number of nitrogen functional groups attached to an aromatic ring is 1. The van der Waals surface area contributed by atoms with E-state index in [1.165, 1.54) is 0 Å². The Kier molecular flexibility index (Phi) is 4.34. The van der Waals surface area contributed by atoms with Crippen molar-refractivity contribution in [2.24, 2.45) is 0 Å². The molecule has 2 heterocycles. The number of aryl methyl sites for hydroxylation is 1. The Hall–Kier alpha value is -2.37. The first-order valence-corrected chi connectivity index (χ1v) is 6.61. The van der Waals surface area contributed by atoms with Gasteiger partial charge in [-0.1, -0.05) is 13.0 Å². The second kappa shape index (κ2) is 6.18. The highest BCUT2D eigenvalue weighted by Gasteiger charge is 2.19. The van der Waals surface area contributed by atoms with Crippen molar-refractivity contribution in [3.05, 3.63) is 41.5 Å². The molecule has 0 aromatic carbocycles. The van der Waals surface area contributed by atoms with E-state index in [0.29, 0.717) is 24.3 Å². The second-order valence-electron chi connectivity index (χ2n) is 4.62. The van der Waals surface area contributed by atoms with Gasteiger partial charge in [0.25, 0.3) is 5.91 Å². The molecule has 0 aliphatic rings. The summed E-state index contributed by atoms with van der Waals surface area (Å²) in [5.41, 5.74) is 8.40. The number of hydrogen-bond acceptors (Lipinski definition) is 4. The van der Waals surface area contributed by atoms with Crippen LogP contribution in [0.5, 0.6) is 0 Å². The molecule has 0 aliphatic carbocycles. The molecule has 2 aromatic heterocycles. The van der Waals surface area contributed by atoms with Gasteiger partial charge in [-0.25, -0.2) is 0 Å². The third kappa shape index (κ3) is 2.96. The van der Waals surface area contributed by atoms with Crippen molar-refractivity contribution < 1.29 is 4.79 Å². The van der Waals surface area contributed by atoms with E-state index in [1.54, 1.807) is 18.1 Å². The maximum absolute atomic E-state index is 12.3. The molecule has 1 amide bonds. The highest BCUT2D eigenvalue weighted by molar-refractivity contribution is 5.97. The zero-order chi connectivity index (χ0) is 14.5. The lowest BCUT2D eigenvalue weighted by molar-refractivity contribution is 0.0791. The molecule has 0 fully saturated rings. The van der Waals surface area contributed by atoms with Gasteiger partial charge in [0.15, 0.2) is 5.69 Å². The minimum Gasteiger partial charge on any atom is -0.395 e. The van der Waals surface area contributed by atoms with E-state index in [0.717, 1.165) is 17.8 Å². The molecule has 0 atom stereocenters. The number of H-pyrrole nitrogens is 1. The number of carbonyl (C=O) groups excluding carboxylic acids is 1. The number of aromatic nitrogens is 3. The van der Waals surface area contributed by atoms with Gasteiger partial charge in [-0.05, 0) is 18.6 Å². The van der Waals surface area contributed by atoms with E-state index < -0.39 is 0 Å². The summed E-state index contributed by atoms with van der Waals surface area (Å²) in [5, 5.41) is 6.80. The fourth-order valence-electron chi connectivity index (χ4n) is 1.93. The van der Waals surface area contributed by atoms with Crippen molar-refractivity contribution in [2.45, 2.75) is 19.8 Å². The van der Waals surface area contributed by atoms with E-state index in [2.05, 4.69) is 15.2 Å². The van der Waals surface area contributed by atoms with Gasteiger partial charge < -0.3 is 10.6 Å². The first kappa shape index (κ1) is 14.0. The number of anilines is 1. The van der Waals surface area contributed by atoms with E-state index in [-0.39, 0.29) is 5.91 Å². The summed E-state index contributed by atoms with van der Waals surface area (Å²) in [5.74, 6) is -0.172. The Morgan fingerprint density at radius 1 is 1.45 bits per heavy atom. The zero-order valence-electron chi connectivity index (χ0n) is 11.8. The molecule has 0 aliphatic heterocycles. The van der Waals surface area contributed by atoms with Gasteiger partial charge in [-0.15, -0.1) is 0 Å². The molecule has 0 unspecified atom stereocenters. The van der Waals surface area contributed by atoms with Gasteiger partial charge >= 0.3 is 0 Å². The minimum atomic E-state index is -0.172. The van der Waals surface area contributed by atoms with Crippen LogP contribution in [0.2, 0.25) is 0 Å². The maximum Gasteiger partial charge on any atom is 0.276 e. The monoisotopic (exact) mass is 273 g/mol. The molecule has 2 aromatic rings. The van der Waals surface area contributed by atoms with Gasteiger partial charge in [0.05, 0.1) is 11.4 Å². The normalized spacial score (nSPS) is 10.5. The molecule has 20 heavy (non-hydrogen) atoms. The first-order valence-electron chi connectivity index (χ1n) is 6.61. The summed E-state index contributed by atoms with van der Waals surface area (Å²) in [6.45, 7) is 2.53. The summed E-state index contributed by atoms with van der Waals surface area (Å²) < 4.78 is 0. The molecule has 3 N–H and O–H groups in total. The van der Waals surface area contributed by atoms with Crippen LogP contribution >= 0.6 is 0 Å².